The zero-order valence-corrected chi connectivity index (χ0v) is 12.9. The van der Waals surface area contributed by atoms with Gasteiger partial charge in [0.2, 0.25) is 0 Å². The fourth-order valence-electron chi connectivity index (χ4n) is 2.16. The molecule has 0 radical (unpaired) electrons. The van der Waals surface area contributed by atoms with Gasteiger partial charge in [-0.15, -0.1) is 0 Å². The van der Waals surface area contributed by atoms with Gasteiger partial charge in [-0.25, -0.2) is 0 Å². The lowest BCUT2D eigenvalue weighted by atomic mass is 9.85. The number of methoxy groups -OCH3 is 1. The first-order valence-corrected chi connectivity index (χ1v) is 6.84. The third kappa shape index (κ3) is 3.13. The van der Waals surface area contributed by atoms with Crippen LogP contribution < -0.4 is 9.47 Å². The van der Waals surface area contributed by atoms with Crippen LogP contribution in [0.3, 0.4) is 0 Å². The summed E-state index contributed by atoms with van der Waals surface area (Å²) in [6, 6.07) is 13.9. The van der Waals surface area contributed by atoms with Crippen LogP contribution in [0.5, 0.6) is 17.2 Å². The molecule has 0 saturated heterocycles. The van der Waals surface area contributed by atoms with E-state index in [-0.39, 0.29) is 5.41 Å². The Morgan fingerprint density at radius 1 is 0.900 bits per heavy atom. The van der Waals surface area contributed by atoms with Gasteiger partial charge in [0.1, 0.15) is 17.2 Å². The Bertz CT molecular complexity index is 580. The summed E-state index contributed by atoms with van der Waals surface area (Å²) in [5.41, 5.74) is 2.22. The first-order valence-electron chi connectivity index (χ1n) is 6.84. The van der Waals surface area contributed by atoms with E-state index < -0.39 is 0 Å². The highest BCUT2D eigenvalue weighted by molar-refractivity contribution is 5.51. The predicted molar refractivity (Wildman–Crippen MR) is 82.9 cm³/mol. The predicted octanol–water partition coefficient (Wildman–Crippen LogP) is 5.09. The molecule has 2 rings (SSSR count). The first kappa shape index (κ1) is 14.4. The Labute approximate surface area is 121 Å². The molecule has 0 amide bonds. The average Bonchev–Trinajstić information content (AvgIpc) is 2.40. The van der Waals surface area contributed by atoms with Gasteiger partial charge in [-0.3, -0.25) is 0 Å². The summed E-state index contributed by atoms with van der Waals surface area (Å²) >= 11 is 0. The number of ether oxygens (including phenoxy) is 2. The second kappa shape index (κ2) is 5.58. The molecule has 0 saturated carbocycles. The third-order valence-electron chi connectivity index (χ3n) is 3.25. The summed E-state index contributed by atoms with van der Waals surface area (Å²) in [7, 11) is 1.69. The van der Waals surface area contributed by atoms with E-state index in [1.807, 2.05) is 36.4 Å². The molecule has 20 heavy (non-hydrogen) atoms. The molecular weight excluding hydrogens is 248 g/mol. The topological polar surface area (TPSA) is 18.5 Å². The highest BCUT2D eigenvalue weighted by Crippen LogP contribution is 2.39. The Morgan fingerprint density at radius 2 is 1.55 bits per heavy atom. The minimum absolute atomic E-state index is 0.0105. The summed E-state index contributed by atoms with van der Waals surface area (Å²) in [6.45, 7) is 8.59. The fraction of sp³-hybridized carbons (Fsp3) is 0.333. The lowest BCUT2D eigenvalue weighted by Crippen LogP contribution is -2.13. The van der Waals surface area contributed by atoms with Gasteiger partial charge < -0.3 is 9.47 Å². The standard InChI is InChI=1S/C18H22O2/c1-13-11-15(19-5)12-16(18(2,3)4)17(13)20-14-9-7-6-8-10-14/h6-12H,1-5H3. The Morgan fingerprint density at radius 3 is 2.10 bits per heavy atom. The molecule has 2 heteroatoms. The molecule has 0 spiro atoms. The quantitative estimate of drug-likeness (QED) is 0.773. The molecule has 106 valence electrons. The monoisotopic (exact) mass is 270 g/mol. The van der Waals surface area contributed by atoms with Crippen molar-refractivity contribution in [1.82, 2.24) is 0 Å². The Kier molecular flexibility index (Phi) is 4.03. The van der Waals surface area contributed by atoms with Crippen LogP contribution in [0.25, 0.3) is 0 Å². The third-order valence-corrected chi connectivity index (χ3v) is 3.25. The van der Waals surface area contributed by atoms with E-state index >= 15 is 0 Å². The van der Waals surface area contributed by atoms with Crippen molar-refractivity contribution in [2.45, 2.75) is 33.1 Å². The van der Waals surface area contributed by atoms with Crippen molar-refractivity contribution in [3.63, 3.8) is 0 Å². The van der Waals surface area contributed by atoms with E-state index in [1.54, 1.807) is 7.11 Å². The van der Waals surface area contributed by atoms with Gasteiger partial charge in [0.05, 0.1) is 7.11 Å². The molecule has 0 aliphatic heterocycles. The van der Waals surface area contributed by atoms with E-state index in [1.165, 1.54) is 0 Å². The molecule has 2 nitrogen and oxygen atoms in total. The van der Waals surface area contributed by atoms with Gasteiger partial charge in [0.15, 0.2) is 0 Å². The molecule has 0 unspecified atom stereocenters. The summed E-state index contributed by atoms with van der Waals surface area (Å²) in [6.07, 6.45) is 0. The van der Waals surface area contributed by atoms with Crippen LogP contribution in [-0.2, 0) is 5.41 Å². The van der Waals surface area contributed by atoms with Crippen molar-refractivity contribution in [3.8, 4) is 17.2 Å². The maximum atomic E-state index is 6.11. The van der Waals surface area contributed by atoms with Crippen LogP contribution >= 0.6 is 0 Å². The average molecular weight is 270 g/mol. The van der Waals surface area contributed by atoms with Crippen LogP contribution in [0.15, 0.2) is 42.5 Å². The number of para-hydroxylation sites is 1. The number of aryl methyl sites for hydroxylation is 1. The van der Waals surface area contributed by atoms with Gasteiger partial charge in [-0.1, -0.05) is 39.0 Å². The molecule has 0 bridgehead atoms. The van der Waals surface area contributed by atoms with E-state index in [0.29, 0.717) is 0 Å². The van der Waals surface area contributed by atoms with Gasteiger partial charge in [-0.2, -0.15) is 0 Å². The van der Waals surface area contributed by atoms with Crippen molar-refractivity contribution >= 4 is 0 Å². The summed E-state index contributed by atoms with van der Waals surface area (Å²) < 4.78 is 11.5. The molecule has 2 aromatic carbocycles. The smallest absolute Gasteiger partial charge is 0.134 e. The molecule has 0 aromatic heterocycles. The largest absolute Gasteiger partial charge is 0.497 e. The first-order chi connectivity index (χ1) is 9.41. The lowest BCUT2D eigenvalue weighted by molar-refractivity contribution is 0.406. The summed E-state index contributed by atoms with van der Waals surface area (Å²) in [5, 5.41) is 0. The number of rotatable bonds is 3. The van der Waals surface area contributed by atoms with E-state index in [9.17, 15) is 0 Å². The molecule has 0 aliphatic rings. The highest BCUT2D eigenvalue weighted by Gasteiger charge is 2.22. The van der Waals surface area contributed by atoms with Crippen LogP contribution in [0.1, 0.15) is 31.9 Å². The minimum Gasteiger partial charge on any atom is -0.497 e. The zero-order valence-electron chi connectivity index (χ0n) is 12.9. The van der Waals surface area contributed by atoms with Crippen molar-refractivity contribution in [1.29, 1.82) is 0 Å². The lowest BCUT2D eigenvalue weighted by Gasteiger charge is -2.25. The SMILES string of the molecule is COc1cc(C)c(Oc2ccccc2)c(C(C)(C)C)c1. The number of benzene rings is 2. The molecule has 0 aliphatic carbocycles. The highest BCUT2D eigenvalue weighted by atomic mass is 16.5. The Balaban J connectivity index is 2.51. The van der Waals surface area contributed by atoms with Crippen LogP contribution in [0.2, 0.25) is 0 Å². The molecule has 0 fully saturated rings. The second-order valence-corrected chi connectivity index (χ2v) is 5.99. The minimum atomic E-state index is -0.0105. The maximum absolute atomic E-state index is 6.11. The number of hydrogen-bond acceptors (Lipinski definition) is 2. The van der Waals surface area contributed by atoms with Gasteiger partial charge in [0, 0.05) is 5.56 Å². The normalized spacial score (nSPS) is 11.2. The second-order valence-electron chi connectivity index (χ2n) is 5.99. The summed E-state index contributed by atoms with van der Waals surface area (Å²) in [5.74, 6) is 2.64. The number of hydrogen-bond donors (Lipinski definition) is 0. The van der Waals surface area contributed by atoms with Gasteiger partial charge in [-0.05, 0) is 42.2 Å². The van der Waals surface area contributed by atoms with Crippen molar-refractivity contribution in [3.05, 3.63) is 53.6 Å². The van der Waals surface area contributed by atoms with E-state index in [4.69, 9.17) is 9.47 Å². The van der Waals surface area contributed by atoms with Crippen molar-refractivity contribution < 1.29 is 9.47 Å². The molecule has 0 atom stereocenters. The Hall–Kier alpha value is -1.96. The van der Waals surface area contributed by atoms with E-state index in [0.717, 1.165) is 28.4 Å². The van der Waals surface area contributed by atoms with Crippen LogP contribution in [0, 0.1) is 6.92 Å². The van der Waals surface area contributed by atoms with Crippen molar-refractivity contribution in [2.24, 2.45) is 0 Å². The molecule has 0 N–H and O–H groups in total. The van der Waals surface area contributed by atoms with Gasteiger partial charge in [0.25, 0.3) is 0 Å². The van der Waals surface area contributed by atoms with Crippen molar-refractivity contribution in [2.75, 3.05) is 7.11 Å². The zero-order chi connectivity index (χ0) is 14.8. The van der Waals surface area contributed by atoms with Crippen LogP contribution in [-0.4, -0.2) is 7.11 Å². The van der Waals surface area contributed by atoms with Crippen LogP contribution in [0.4, 0.5) is 0 Å². The fourth-order valence-corrected chi connectivity index (χ4v) is 2.16. The van der Waals surface area contributed by atoms with Gasteiger partial charge >= 0.3 is 0 Å². The molecule has 0 heterocycles. The maximum Gasteiger partial charge on any atom is 0.134 e. The summed E-state index contributed by atoms with van der Waals surface area (Å²) in [4.78, 5) is 0. The molecule has 2 aromatic rings. The molecular formula is C18H22O2. The van der Waals surface area contributed by atoms with E-state index in [2.05, 4.69) is 33.8 Å².